The van der Waals surface area contributed by atoms with Gasteiger partial charge in [-0.2, -0.15) is 5.10 Å². The number of pyridine rings is 1. The van der Waals surface area contributed by atoms with E-state index in [4.69, 9.17) is 0 Å². The van der Waals surface area contributed by atoms with Crippen LogP contribution in [0, 0.1) is 6.92 Å². The Bertz CT molecular complexity index is 916. The molecule has 0 aliphatic carbocycles. The molecule has 2 aromatic heterocycles. The Balaban J connectivity index is 2.15. The molecule has 0 amide bonds. The summed E-state index contributed by atoms with van der Waals surface area (Å²) < 4.78 is 25.1. The SMILES string of the molecule is Cc1[nH]nc2ccnc(-c3cccc(NS(C)(=O)=O)c3)c12. The third-order valence-corrected chi connectivity index (χ3v) is 3.69. The van der Waals surface area contributed by atoms with Crippen LogP contribution in [-0.4, -0.2) is 29.9 Å². The lowest BCUT2D eigenvalue weighted by atomic mass is 10.1. The van der Waals surface area contributed by atoms with E-state index in [0.717, 1.165) is 34.1 Å². The molecule has 0 aliphatic heterocycles. The molecule has 21 heavy (non-hydrogen) atoms. The first-order chi connectivity index (χ1) is 9.94. The molecule has 0 aliphatic rings. The van der Waals surface area contributed by atoms with Crippen LogP contribution >= 0.6 is 0 Å². The van der Waals surface area contributed by atoms with Crippen molar-refractivity contribution in [1.29, 1.82) is 0 Å². The molecule has 7 heteroatoms. The van der Waals surface area contributed by atoms with Crippen molar-refractivity contribution in [2.75, 3.05) is 11.0 Å². The van der Waals surface area contributed by atoms with Crippen LogP contribution in [0.25, 0.3) is 22.2 Å². The second kappa shape index (κ2) is 4.85. The van der Waals surface area contributed by atoms with E-state index in [-0.39, 0.29) is 0 Å². The third-order valence-electron chi connectivity index (χ3n) is 3.09. The van der Waals surface area contributed by atoms with E-state index < -0.39 is 10.0 Å². The van der Waals surface area contributed by atoms with E-state index >= 15 is 0 Å². The first-order valence-corrected chi connectivity index (χ1v) is 8.21. The number of sulfonamides is 1. The molecule has 0 spiro atoms. The van der Waals surface area contributed by atoms with Crippen molar-refractivity contribution in [2.24, 2.45) is 0 Å². The number of aromatic amines is 1. The van der Waals surface area contributed by atoms with Gasteiger partial charge in [-0.1, -0.05) is 12.1 Å². The number of hydrogen-bond acceptors (Lipinski definition) is 4. The summed E-state index contributed by atoms with van der Waals surface area (Å²) >= 11 is 0. The molecule has 0 fully saturated rings. The van der Waals surface area contributed by atoms with Crippen LogP contribution in [0.3, 0.4) is 0 Å². The molecule has 3 aromatic rings. The highest BCUT2D eigenvalue weighted by Gasteiger charge is 2.11. The standard InChI is InChI=1S/C14H14N4O2S/c1-9-13-12(17-16-9)6-7-15-14(13)10-4-3-5-11(8-10)18-21(2,19)20/h3-8,18H,1-2H3,(H,16,17). The number of hydrogen-bond donors (Lipinski definition) is 2. The van der Waals surface area contributed by atoms with E-state index in [0.29, 0.717) is 5.69 Å². The second-order valence-electron chi connectivity index (χ2n) is 4.86. The summed E-state index contributed by atoms with van der Waals surface area (Å²) in [4.78, 5) is 4.41. The number of H-pyrrole nitrogens is 1. The summed E-state index contributed by atoms with van der Waals surface area (Å²) in [6, 6.07) is 8.98. The summed E-state index contributed by atoms with van der Waals surface area (Å²) in [6.07, 6.45) is 2.81. The molecular formula is C14H14N4O2S. The zero-order valence-corrected chi connectivity index (χ0v) is 12.4. The maximum absolute atomic E-state index is 11.3. The molecular weight excluding hydrogens is 288 g/mol. The maximum atomic E-state index is 11.3. The lowest BCUT2D eigenvalue weighted by molar-refractivity contribution is 0.607. The van der Waals surface area contributed by atoms with Crippen molar-refractivity contribution in [3.63, 3.8) is 0 Å². The summed E-state index contributed by atoms with van der Waals surface area (Å²) in [5.74, 6) is 0. The average Bonchev–Trinajstić information content (AvgIpc) is 2.79. The summed E-state index contributed by atoms with van der Waals surface area (Å²) in [5, 5.41) is 8.09. The highest BCUT2D eigenvalue weighted by Crippen LogP contribution is 2.29. The molecule has 0 radical (unpaired) electrons. The van der Waals surface area contributed by atoms with Gasteiger partial charge < -0.3 is 0 Å². The predicted octanol–water partition coefficient (Wildman–Crippen LogP) is 2.30. The Hall–Kier alpha value is -2.41. The number of anilines is 1. The van der Waals surface area contributed by atoms with Gasteiger partial charge in [0, 0.05) is 28.5 Å². The Kier molecular flexibility index (Phi) is 3.13. The molecule has 0 bridgehead atoms. The van der Waals surface area contributed by atoms with Gasteiger partial charge in [-0.15, -0.1) is 0 Å². The smallest absolute Gasteiger partial charge is 0.229 e. The first kappa shape index (κ1) is 13.6. The number of rotatable bonds is 3. The fourth-order valence-corrected chi connectivity index (χ4v) is 2.83. The number of benzene rings is 1. The van der Waals surface area contributed by atoms with Crippen LogP contribution in [0.2, 0.25) is 0 Å². The van der Waals surface area contributed by atoms with E-state index in [1.54, 1.807) is 24.4 Å². The monoisotopic (exact) mass is 302 g/mol. The van der Waals surface area contributed by atoms with Crippen LogP contribution < -0.4 is 4.72 Å². The van der Waals surface area contributed by atoms with Gasteiger partial charge in [0.2, 0.25) is 10.0 Å². The number of aromatic nitrogens is 3. The van der Waals surface area contributed by atoms with Crippen molar-refractivity contribution in [3.8, 4) is 11.3 Å². The minimum absolute atomic E-state index is 0.509. The molecule has 0 saturated heterocycles. The molecule has 6 nitrogen and oxygen atoms in total. The number of aryl methyl sites for hydroxylation is 1. The Morgan fingerprint density at radius 3 is 2.81 bits per heavy atom. The van der Waals surface area contributed by atoms with E-state index in [1.807, 2.05) is 19.1 Å². The molecule has 1 aromatic carbocycles. The van der Waals surface area contributed by atoms with Gasteiger partial charge in [-0.25, -0.2) is 8.42 Å². The third kappa shape index (κ3) is 2.73. The van der Waals surface area contributed by atoms with Gasteiger partial charge in [0.15, 0.2) is 0 Å². The highest BCUT2D eigenvalue weighted by atomic mass is 32.2. The second-order valence-corrected chi connectivity index (χ2v) is 6.61. The van der Waals surface area contributed by atoms with E-state index in [1.165, 1.54) is 0 Å². The molecule has 108 valence electrons. The lowest BCUT2D eigenvalue weighted by Crippen LogP contribution is -2.09. The maximum Gasteiger partial charge on any atom is 0.229 e. The fourth-order valence-electron chi connectivity index (χ4n) is 2.28. The zero-order valence-electron chi connectivity index (χ0n) is 11.6. The number of nitrogens with zero attached hydrogens (tertiary/aromatic N) is 2. The quantitative estimate of drug-likeness (QED) is 0.777. The molecule has 2 heterocycles. The van der Waals surface area contributed by atoms with Gasteiger partial charge in [0.05, 0.1) is 17.5 Å². The van der Waals surface area contributed by atoms with Crippen LogP contribution in [0.1, 0.15) is 5.69 Å². The number of nitrogens with one attached hydrogen (secondary N) is 2. The van der Waals surface area contributed by atoms with E-state index in [9.17, 15) is 8.42 Å². The number of fused-ring (bicyclic) bond motifs is 1. The molecule has 0 atom stereocenters. The predicted molar refractivity (Wildman–Crippen MR) is 82.5 cm³/mol. The van der Waals surface area contributed by atoms with Crippen molar-refractivity contribution in [3.05, 3.63) is 42.2 Å². The Morgan fingerprint density at radius 2 is 2.05 bits per heavy atom. The topological polar surface area (TPSA) is 87.7 Å². The molecule has 2 N–H and O–H groups in total. The summed E-state index contributed by atoms with van der Waals surface area (Å²) in [7, 11) is -3.30. The zero-order chi connectivity index (χ0) is 15.0. The largest absolute Gasteiger partial charge is 0.284 e. The van der Waals surface area contributed by atoms with E-state index in [2.05, 4.69) is 19.9 Å². The van der Waals surface area contributed by atoms with Crippen LogP contribution in [-0.2, 0) is 10.0 Å². The van der Waals surface area contributed by atoms with Crippen molar-refractivity contribution in [2.45, 2.75) is 6.92 Å². The Morgan fingerprint density at radius 1 is 1.24 bits per heavy atom. The molecule has 0 unspecified atom stereocenters. The average molecular weight is 302 g/mol. The van der Waals surface area contributed by atoms with Crippen molar-refractivity contribution >= 4 is 26.6 Å². The molecule has 3 rings (SSSR count). The first-order valence-electron chi connectivity index (χ1n) is 6.32. The van der Waals surface area contributed by atoms with Crippen LogP contribution in [0.5, 0.6) is 0 Å². The minimum Gasteiger partial charge on any atom is -0.284 e. The fraction of sp³-hybridized carbons (Fsp3) is 0.143. The molecule has 0 saturated carbocycles. The normalized spacial score (nSPS) is 11.7. The van der Waals surface area contributed by atoms with Crippen molar-refractivity contribution < 1.29 is 8.42 Å². The van der Waals surface area contributed by atoms with Gasteiger partial charge in [-0.05, 0) is 25.1 Å². The van der Waals surface area contributed by atoms with Gasteiger partial charge in [-0.3, -0.25) is 14.8 Å². The summed E-state index contributed by atoms with van der Waals surface area (Å²) in [6.45, 7) is 1.93. The Labute approximate surface area is 122 Å². The summed E-state index contributed by atoms with van der Waals surface area (Å²) in [5.41, 5.74) is 3.87. The van der Waals surface area contributed by atoms with Crippen LogP contribution in [0.4, 0.5) is 5.69 Å². The van der Waals surface area contributed by atoms with Crippen LogP contribution in [0.15, 0.2) is 36.5 Å². The highest BCUT2D eigenvalue weighted by molar-refractivity contribution is 7.92. The van der Waals surface area contributed by atoms with Gasteiger partial charge >= 0.3 is 0 Å². The minimum atomic E-state index is -3.30. The van der Waals surface area contributed by atoms with Crippen molar-refractivity contribution in [1.82, 2.24) is 15.2 Å². The lowest BCUT2D eigenvalue weighted by Gasteiger charge is -2.07. The van der Waals surface area contributed by atoms with Gasteiger partial charge in [0.1, 0.15) is 0 Å². The van der Waals surface area contributed by atoms with Gasteiger partial charge in [0.25, 0.3) is 0 Å².